The van der Waals surface area contributed by atoms with Crippen molar-refractivity contribution in [2.75, 3.05) is 0 Å². The molecule has 7 heteroatoms. The number of nitrogens with zero attached hydrogens (tertiary/aromatic N) is 2. The van der Waals surface area contributed by atoms with Gasteiger partial charge < -0.3 is 10.2 Å². The number of thiophene rings is 1. The summed E-state index contributed by atoms with van der Waals surface area (Å²) in [7, 11) is 0. The zero-order valence-corrected chi connectivity index (χ0v) is 7.48. The Bertz CT molecular complexity index is 527. The minimum atomic E-state index is -1.22. The van der Waals surface area contributed by atoms with Gasteiger partial charge in [-0.3, -0.25) is 0 Å². The molecule has 0 aliphatic rings. The molecule has 2 rings (SSSR count). The smallest absolute Gasteiger partial charge is 0.433 e. The molecule has 14 heavy (non-hydrogen) atoms. The largest absolute Gasteiger partial charge is 0.477 e. The molecule has 0 unspecified atom stereocenters. The van der Waals surface area contributed by atoms with E-state index in [2.05, 4.69) is 5.10 Å². The minimum Gasteiger partial charge on any atom is -0.477 e. The van der Waals surface area contributed by atoms with Gasteiger partial charge in [-0.15, -0.1) is 11.3 Å². The topological polar surface area (TPSA) is 92.4 Å². The van der Waals surface area contributed by atoms with Crippen LogP contribution in [0.25, 0.3) is 10.2 Å². The Hall–Kier alpha value is -1.89. The second-order valence-corrected chi connectivity index (χ2v) is 3.55. The van der Waals surface area contributed by atoms with Crippen molar-refractivity contribution in [3.8, 4) is 0 Å². The molecular formula is C7H4N2O4S. The van der Waals surface area contributed by atoms with Gasteiger partial charge in [-0.25, -0.2) is 9.59 Å². The molecule has 0 aliphatic carbocycles. The number of rotatable bonds is 1. The van der Waals surface area contributed by atoms with Crippen molar-refractivity contribution in [2.45, 2.75) is 0 Å². The van der Waals surface area contributed by atoms with Gasteiger partial charge in [0.2, 0.25) is 0 Å². The number of aromatic nitrogens is 2. The number of carboxylic acid groups (broad SMARTS) is 2. The predicted octanol–water partition coefficient (Wildman–Crippen LogP) is 1.32. The average Bonchev–Trinajstić information content (AvgIpc) is 2.58. The molecule has 0 spiro atoms. The maximum absolute atomic E-state index is 10.6. The van der Waals surface area contributed by atoms with E-state index in [-0.39, 0.29) is 4.88 Å². The number of aromatic carboxylic acids is 1. The van der Waals surface area contributed by atoms with E-state index < -0.39 is 12.1 Å². The molecule has 0 fully saturated rings. The van der Waals surface area contributed by atoms with Crippen molar-refractivity contribution in [1.29, 1.82) is 0 Å². The van der Waals surface area contributed by atoms with Gasteiger partial charge in [-0.2, -0.15) is 9.78 Å². The molecule has 2 aromatic rings. The zero-order chi connectivity index (χ0) is 10.3. The minimum absolute atomic E-state index is 0.104. The van der Waals surface area contributed by atoms with E-state index in [0.717, 1.165) is 16.0 Å². The normalized spacial score (nSPS) is 10.6. The molecule has 2 aromatic heterocycles. The van der Waals surface area contributed by atoms with Gasteiger partial charge >= 0.3 is 12.1 Å². The highest BCUT2D eigenvalue weighted by Crippen LogP contribution is 2.25. The van der Waals surface area contributed by atoms with Gasteiger partial charge in [0.1, 0.15) is 9.71 Å². The van der Waals surface area contributed by atoms with Crippen LogP contribution in [0.3, 0.4) is 0 Å². The van der Waals surface area contributed by atoms with Gasteiger partial charge in [-0.1, -0.05) is 0 Å². The lowest BCUT2D eigenvalue weighted by Gasteiger charge is -1.90. The van der Waals surface area contributed by atoms with Crippen LogP contribution in [0.15, 0.2) is 12.3 Å². The molecule has 2 heterocycles. The zero-order valence-electron chi connectivity index (χ0n) is 6.67. The Kier molecular flexibility index (Phi) is 1.74. The number of fused-ring (bicyclic) bond motifs is 1. The highest BCUT2D eigenvalue weighted by molar-refractivity contribution is 7.20. The molecule has 0 amide bonds. The fourth-order valence-corrected chi connectivity index (χ4v) is 1.99. The molecule has 0 aromatic carbocycles. The summed E-state index contributed by atoms with van der Waals surface area (Å²) in [6.45, 7) is 0. The average molecular weight is 212 g/mol. The third-order valence-corrected chi connectivity index (χ3v) is 2.75. The lowest BCUT2D eigenvalue weighted by molar-refractivity contribution is 0.0702. The molecule has 0 bridgehead atoms. The molecule has 0 aliphatic heterocycles. The number of carbonyl (C=O) groups is 2. The molecule has 6 nitrogen and oxygen atoms in total. The Morgan fingerprint density at radius 3 is 2.71 bits per heavy atom. The van der Waals surface area contributed by atoms with Gasteiger partial charge in [0.05, 0.1) is 6.20 Å². The van der Waals surface area contributed by atoms with E-state index in [1.165, 1.54) is 12.3 Å². The van der Waals surface area contributed by atoms with Crippen molar-refractivity contribution < 1.29 is 19.8 Å². The van der Waals surface area contributed by atoms with Crippen LogP contribution in [0, 0.1) is 0 Å². The van der Waals surface area contributed by atoms with E-state index in [1.54, 1.807) is 0 Å². The summed E-state index contributed by atoms with van der Waals surface area (Å²) >= 11 is 0.887. The van der Waals surface area contributed by atoms with Crippen LogP contribution < -0.4 is 0 Å². The van der Waals surface area contributed by atoms with Gasteiger partial charge in [-0.05, 0) is 6.07 Å². The third kappa shape index (κ3) is 1.14. The molecule has 2 N–H and O–H groups in total. The molecular weight excluding hydrogens is 208 g/mol. The maximum atomic E-state index is 10.6. The van der Waals surface area contributed by atoms with Crippen molar-refractivity contribution in [2.24, 2.45) is 0 Å². The van der Waals surface area contributed by atoms with Gasteiger partial charge in [0.25, 0.3) is 0 Å². The summed E-state index contributed by atoms with van der Waals surface area (Å²) in [5.74, 6) is -1.07. The van der Waals surface area contributed by atoms with Crippen LogP contribution >= 0.6 is 11.3 Å². The lowest BCUT2D eigenvalue weighted by atomic mass is 10.4. The number of carboxylic acids is 1. The van der Waals surface area contributed by atoms with E-state index >= 15 is 0 Å². The standard InChI is InChI=1S/C7H4N2O4S/c10-6(11)4-1-3-2-8-9(7(12)13)5(3)14-4/h1-2H,(H,10,11)(H,12,13). The number of hydrogen-bond donors (Lipinski definition) is 2. The van der Waals surface area contributed by atoms with Crippen LogP contribution in [0.4, 0.5) is 4.79 Å². The van der Waals surface area contributed by atoms with Crippen LogP contribution in [-0.2, 0) is 0 Å². The quantitative estimate of drug-likeness (QED) is 0.743. The number of hydrogen-bond acceptors (Lipinski definition) is 4. The molecule has 72 valence electrons. The van der Waals surface area contributed by atoms with Crippen LogP contribution in [0.1, 0.15) is 9.67 Å². The molecule has 0 atom stereocenters. The Labute approximate surface area is 81.0 Å². The third-order valence-electron chi connectivity index (χ3n) is 1.64. The molecule has 0 radical (unpaired) electrons. The summed E-state index contributed by atoms with van der Waals surface area (Å²) in [4.78, 5) is 21.6. The van der Waals surface area contributed by atoms with E-state index in [0.29, 0.717) is 10.2 Å². The highest BCUT2D eigenvalue weighted by atomic mass is 32.1. The first-order valence-electron chi connectivity index (χ1n) is 3.54. The van der Waals surface area contributed by atoms with E-state index in [9.17, 15) is 9.59 Å². The summed E-state index contributed by atoms with van der Waals surface area (Å²) in [5, 5.41) is 21.5. The SMILES string of the molecule is O=C(O)c1cc2cnn(C(=O)O)c2s1. The Balaban J connectivity index is 2.67. The molecule has 0 saturated carbocycles. The predicted molar refractivity (Wildman–Crippen MR) is 48.0 cm³/mol. The second kappa shape index (κ2) is 2.81. The summed E-state index contributed by atoms with van der Waals surface area (Å²) in [6.07, 6.45) is 0.102. The second-order valence-electron chi connectivity index (χ2n) is 2.52. The first-order valence-corrected chi connectivity index (χ1v) is 4.35. The fourth-order valence-electron chi connectivity index (χ4n) is 1.07. The highest BCUT2D eigenvalue weighted by Gasteiger charge is 2.15. The van der Waals surface area contributed by atoms with Crippen LogP contribution in [0.5, 0.6) is 0 Å². The van der Waals surface area contributed by atoms with Gasteiger partial charge in [0, 0.05) is 5.39 Å². The fraction of sp³-hybridized carbons (Fsp3) is 0. The molecule has 0 saturated heterocycles. The van der Waals surface area contributed by atoms with Crippen molar-refractivity contribution >= 4 is 33.6 Å². The Morgan fingerprint density at radius 2 is 2.14 bits per heavy atom. The monoisotopic (exact) mass is 212 g/mol. The summed E-state index contributed by atoms with van der Waals surface area (Å²) in [5.41, 5.74) is 0. The van der Waals surface area contributed by atoms with Crippen molar-refractivity contribution in [1.82, 2.24) is 9.78 Å². The van der Waals surface area contributed by atoms with Crippen molar-refractivity contribution in [3.05, 3.63) is 17.1 Å². The van der Waals surface area contributed by atoms with Crippen molar-refractivity contribution in [3.63, 3.8) is 0 Å². The first-order chi connectivity index (χ1) is 6.59. The van der Waals surface area contributed by atoms with E-state index in [1.807, 2.05) is 0 Å². The van der Waals surface area contributed by atoms with Gasteiger partial charge in [0.15, 0.2) is 0 Å². The maximum Gasteiger partial charge on any atom is 0.433 e. The first kappa shape index (κ1) is 8.70. The summed E-state index contributed by atoms with van der Waals surface area (Å²) in [6, 6.07) is 1.40. The summed E-state index contributed by atoms with van der Waals surface area (Å²) < 4.78 is 0.756. The lowest BCUT2D eigenvalue weighted by Crippen LogP contribution is -2.08. The van der Waals surface area contributed by atoms with Crippen LogP contribution in [0.2, 0.25) is 0 Å². The van der Waals surface area contributed by atoms with Crippen LogP contribution in [-0.4, -0.2) is 32.1 Å². The Morgan fingerprint density at radius 1 is 1.43 bits per heavy atom. The van der Waals surface area contributed by atoms with E-state index in [4.69, 9.17) is 10.2 Å².